The highest BCUT2D eigenvalue weighted by atomic mass is 16.5. The van der Waals surface area contributed by atoms with Gasteiger partial charge in [-0.1, -0.05) is 39.0 Å². The lowest BCUT2D eigenvalue weighted by atomic mass is 9.66. The summed E-state index contributed by atoms with van der Waals surface area (Å²) in [4.78, 5) is 0. The first-order chi connectivity index (χ1) is 9.04. The van der Waals surface area contributed by atoms with Crippen LogP contribution in [0.2, 0.25) is 0 Å². The summed E-state index contributed by atoms with van der Waals surface area (Å²) in [5, 5.41) is 0. The quantitative estimate of drug-likeness (QED) is 0.757. The first-order valence-electron chi connectivity index (χ1n) is 7.55. The van der Waals surface area contributed by atoms with Gasteiger partial charge in [-0.2, -0.15) is 0 Å². The van der Waals surface area contributed by atoms with E-state index in [0.29, 0.717) is 10.8 Å². The average Bonchev–Trinajstić information content (AvgIpc) is 2.73. The monoisotopic (exact) mass is 257 g/mol. The molecule has 1 nitrogen and oxygen atoms in total. The summed E-state index contributed by atoms with van der Waals surface area (Å²) in [5.41, 5.74) is 0.985. The molecule has 1 aromatic carbocycles. The molecule has 1 radical (unpaired) electrons. The minimum atomic E-state index is 0.484. The third-order valence-electron chi connectivity index (χ3n) is 6.24. The van der Waals surface area contributed by atoms with Gasteiger partial charge < -0.3 is 4.74 Å². The minimum absolute atomic E-state index is 0.484. The van der Waals surface area contributed by atoms with E-state index < -0.39 is 0 Å². The predicted octanol–water partition coefficient (Wildman–Crippen LogP) is 4.73. The van der Waals surface area contributed by atoms with Crippen LogP contribution in [-0.2, 0) is 0 Å². The maximum atomic E-state index is 5.83. The second kappa shape index (κ2) is 4.54. The van der Waals surface area contributed by atoms with E-state index in [1.165, 1.54) is 19.3 Å². The molecule has 3 atom stereocenters. The van der Waals surface area contributed by atoms with E-state index in [4.69, 9.17) is 4.74 Å². The van der Waals surface area contributed by atoms with Gasteiger partial charge in [0, 0.05) is 6.42 Å². The fraction of sp³-hybridized carbons (Fsp3) is 0.611. The number of benzene rings is 1. The summed E-state index contributed by atoms with van der Waals surface area (Å²) in [6.07, 6.45) is 6.60. The van der Waals surface area contributed by atoms with Gasteiger partial charge in [0.25, 0.3) is 0 Å². The highest BCUT2D eigenvalue weighted by Crippen LogP contribution is 2.68. The molecule has 103 valence electrons. The second-order valence-corrected chi connectivity index (χ2v) is 7.08. The van der Waals surface area contributed by atoms with Gasteiger partial charge in [0.15, 0.2) is 0 Å². The van der Waals surface area contributed by atoms with Crippen LogP contribution in [0.25, 0.3) is 0 Å². The molecule has 0 spiro atoms. The van der Waals surface area contributed by atoms with Gasteiger partial charge in [-0.05, 0) is 54.1 Å². The number of fused-ring (bicyclic) bond motifs is 2. The van der Waals surface area contributed by atoms with E-state index in [9.17, 15) is 0 Å². The van der Waals surface area contributed by atoms with Crippen LogP contribution in [0.5, 0.6) is 5.75 Å². The van der Waals surface area contributed by atoms with E-state index in [1.807, 2.05) is 30.3 Å². The SMILES string of the molecule is CC1(C)C2CCC1(C)C([CH]COc1ccccc1)C2. The average molecular weight is 257 g/mol. The Bertz CT molecular complexity index is 436. The minimum Gasteiger partial charge on any atom is -0.493 e. The zero-order valence-corrected chi connectivity index (χ0v) is 12.4. The van der Waals surface area contributed by atoms with Crippen molar-refractivity contribution in [2.75, 3.05) is 6.61 Å². The van der Waals surface area contributed by atoms with Gasteiger partial charge in [-0.15, -0.1) is 0 Å². The Labute approximate surface area is 117 Å². The fourth-order valence-electron chi connectivity index (χ4n) is 4.40. The highest BCUT2D eigenvalue weighted by molar-refractivity contribution is 5.21. The fourth-order valence-corrected chi connectivity index (χ4v) is 4.40. The molecule has 0 heterocycles. The van der Waals surface area contributed by atoms with Crippen LogP contribution in [0, 0.1) is 29.1 Å². The zero-order chi connectivity index (χ0) is 13.5. The Kier molecular flexibility index (Phi) is 3.11. The summed E-state index contributed by atoms with van der Waals surface area (Å²) in [6.45, 7) is 8.17. The van der Waals surface area contributed by atoms with E-state index >= 15 is 0 Å². The number of hydrogen-bond acceptors (Lipinski definition) is 1. The third kappa shape index (κ3) is 1.98. The zero-order valence-electron chi connectivity index (χ0n) is 12.4. The Morgan fingerprint density at radius 2 is 1.95 bits per heavy atom. The predicted molar refractivity (Wildman–Crippen MR) is 79.0 cm³/mol. The molecule has 2 saturated carbocycles. The molecule has 2 aliphatic carbocycles. The van der Waals surface area contributed by atoms with Crippen molar-refractivity contribution in [2.45, 2.75) is 40.0 Å². The molecule has 2 aliphatic rings. The highest BCUT2D eigenvalue weighted by Gasteiger charge is 2.60. The molecular formula is C18H25O. The van der Waals surface area contributed by atoms with Crippen LogP contribution < -0.4 is 4.74 Å². The topological polar surface area (TPSA) is 9.23 Å². The molecule has 2 fully saturated rings. The smallest absolute Gasteiger partial charge is 0.119 e. The summed E-state index contributed by atoms with van der Waals surface area (Å²) < 4.78 is 5.83. The van der Waals surface area contributed by atoms with Gasteiger partial charge in [0.2, 0.25) is 0 Å². The Morgan fingerprint density at radius 1 is 1.21 bits per heavy atom. The lowest BCUT2D eigenvalue weighted by Crippen LogP contribution is -2.33. The first kappa shape index (κ1) is 13.0. The van der Waals surface area contributed by atoms with Gasteiger partial charge >= 0.3 is 0 Å². The molecule has 0 aliphatic heterocycles. The third-order valence-corrected chi connectivity index (χ3v) is 6.24. The largest absolute Gasteiger partial charge is 0.493 e. The molecule has 0 aromatic heterocycles. The summed E-state index contributed by atoms with van der Waals surface area (Å²) >= 11 is 0. The van der Waals surface area contributed by atoms with Crippen molar-refractivity contribution < 1.29 is 4.74 Å². The van der Waals surface area contributed by atoms with Crippen LogP contribution in [0.4, 0.5) is 0 Å². The van der Waals surface area contributed by atoms with E-state index in [0.717, 1.165) is 24.2 Å². The van der Waals surface area contributed by atoms with Crippen molar-refractivity contribution >= 4 is 0 Å². The summed E-state index contributed by atoms with van der Waals surface area (Å²) in [5.74, 6) is 2.62. The molecule has 19 heavy (non-hydrogen) atoms. The molecule has 0 saturated heterocycles. The van der Waals surface area contributed by atoms with Crippen LogP contribution in [0.3, 0.4) is 0 Å². The van der Waals surface area contributed by atoms with E-state index in [2.05, 4.69) is 27.2 Å². The lowest BCUT2D eigenvalue weighted by Gasteiger charge is -2.39. The maximum absolute atomic E-state index is 5.83. The van der Waals surface area contributed by atoms with Crippen molar-refractivity contribution in [3.63, 3.8) is 0 Å². The number of para-hydroxylation sites is 1. The molecule has 3 rings (SSSR count). The van der Waals surface area contributed by atoms with E-state index in [-0.39, 0.29) is 0 Å². The van der Waals surface area contributed by atoms with Crippen LogP contribution in [0.1, 0.15) is 40.0 Å². The first-order valence-corrected chi connectivity index (χ1v) is 7.55. The van der Waals surface area contributed by atoms with Crippen LogP contribution in [0.15, 0.2) is 30.3 Å². The molecule has 0 N–H and O–H groups in total. The standard InChI is InChI=1S/C18H25O/c1-17(2)14-9-11-18(17,3)15(13-14)10-12-19-16-7-5-4-6-8-16/h4-8,10,14-15H,9,11-13H2,1-3H3. The van der Waals surface area contributed by atoms with Crippen molar-refractivity contribution in [2.24, 2.45) is 22.7 Å². The van der Waals surface area contributed by atoms with Gasteiger partial charge in [0.1, 0.15) is 5.75 Å². The van der Waals surface area contributed by atoms with E-state index in [1.54, 1.807) is 0 Å². The van der Waals surface area contributed by atoms with Crippen LogP contribution >= 0.6 is 0 Å². The summed E-state index contributed by atoms with van der Waals surface area (Å²) in [6, 6.07) is 10.1. The summed E-state index contributed by atoms with van der Waals surface area (Å²) in [7, 11) is 0. The number of rotatable bonds is 4. The molecule has 2 bridgehead atoms. The molecule has 0 amide bonds. The van der Waals surface area contributed by atoms with Gasteiger partial charge in [-0.25, -0.2) is 0 Å². The molecule has 1 heteroatoms. The van der Waals surface area contributed by atoms with Gasteiger partial charge in [-0.3, -0.25) is 0 Å². The second-order valence-electron chi connectivity index (χ2n) is 7.08. The number of ether oxygens (including phenoxy) is 1. The van der Waals surface area contributed by atoms with Crippen molar-refractivity contribution in [1.29, 1.82) is 0 Å². The van der Waals surface area contributed by atoms with Crippen molar-refractivity contribution in [3.05, 3.63) is 36.8 Å². The van der Waals surface area contributed by atoms with Crippen LogP contribution in [-0.4, -0.2) is 6.61 Å². The Morgan fingerprint density at radius 3 is 2.53 bits per heavy atom. The maximum Gasteiger partial charge on any atom is 0.119 e. The van der Waals surface area contributed by atoms with Crippen molar-refractivity contribution in [1.82, 2.24) is 0 Å². The molecule has 1 aromatic rings. The lowest BCUT2D eigenvalue weighted by molar-refractivity contribution is 0.112. The Balaban J connectivity index is 1.58. The van der Waals surface area contributed by atoms with Gasteiger partial charge in [0.05, 0.1) is 6.61 Å². The molecule has 3 unspecified atom stereocenters. The van der Waals surface area contributed by atoms with Crippen molar-refractivity contribution in [3.8, 4) is 5.75 Å². The molecular weight excluding hydrogens is 232 g/mol. The Hall–Kier alpha value is -0.980. The number of hydrogen-bond donors (Lipinski definition) is 0. The normalized spacial score (nSPS) is 35.5.